The van der Waals surface area contributed by atoms with Crippen molar-refractivity contribution < 1.29 is 31.1 Å². The van der Waals surface area contributed by atoms with Gasteiger partial charge in [-0.15, -0.1) is 13.2 Å². The molecule has 152 valence electrons. The minimum Gasteiger partial charge on any atom is -0.406 e. The number of hydrogen-bond donors (Lipinski definition) is 2. The molecule has 2 aromatic carbocycles. The Bertz CT molecular complexity index is 929. The van der Waals surface area contributed by atoms with E-state index in [-0.39, 0.29) is 17.1 Å². The van der Waals surface area contributed by atoms with Crippen molar-refractivity contribution in [1.29, 1.82) is 0 Å². The van der Waals surface area contributed by atoms with Crippen LogP contribution in [0.2, 0.25) is 0 Å². The van der Waals surface area contributed by atoms with Crippen LogP contribution in [0.15, 0.2) is 53.4 Å². The third-order valence-corrected chi connectivity index (χ3v) is 5.31. The summed E-state index contributed by atoms with van der Waals surface area (Å²) in [5.74, 6) is -0.456. The van der Waals surface area contributed by atoms with Gasteiger partial charge in [-0.25, -0.2) is 17.5 Å². The zero-order valence-electron chi connectivity index (χ0n) is 14.9. The van der Waals surface area contributed by atoms with Crippen molar-refractivity contribution in [1.82, 2.24) is 9.62 Å². The first kappa shape index (κ1) is 21.5. The number of anilines is 1. The highest BCUT2D eigenvalue weighted by molar-refractivity contribution is 7.89. The number of carbonyl (C=O) groups is 1. The topological polar surface area (TPSA) is 87.7 Å². The Morgan fingerprint density at radius 2 is 1.75 bits per heavy atom. The van der Waals surface area contributed by atoms with Gasteiger partial charge in [0.2, 0.25) is 10.0 Å². The minimum atomic E-state index is -4.83. The van der Waals surface area contributed by atoms with Crippen LogP contribution in [-0.2, 0) is 16.6 Å². The maximum Gasteiger partial charge on any atom is 0.573 e. The molecule has 2 rings (SSSR count). The maximum absolute atomic E-state index is 12.2. The fraction of sp³-hybridized carbons (Fsp3) is 0.235. The zero-order valence-corrected chi connectivity index (χ0v) is 15.8. The third kappa shape index (κ3) is 6.13. The second-order valence-electron chi connectivity index (χ2n) is 5.81. The summed E-state index contributed by atoms with van der Waals surface area (Å²) in [5, 5.41) is 4.91. The average molecular weight is 417 g/mol. The Labute approximate surface area is 160 Å². The Kier molecular flexibility index (Phi) is 6.52. The molecular weight excluding hydrogens is 399 g/mol. The highest BCUT2D eigenvalue weighted by Gasteiger charge is 2.31. The highest BCUT2D eigenvalue weighted by Crippen LogP contribution is 2.25. The average Bonchev–Trinajstić information content (AvgIpc) is 2.59. The van der Waals surface area contributed by atoms with Crippen LogP contribution in [0.25, 0.3) is 0 Å². The van der Waals surface area contributed by atoms with Gasteiger partial charge in [0.05, 0.1) is 4.90 Å². The van der Waals surface area contributed by atoms with Crippen molar-refractivity contribution in [2.45, 2.75) is 17.8 Å². The predicted molar refractivity (Wildman–Crippen MR) is 96.3 cm³/mol. The van der Waals surface area contributed by atoms with Gasteiger partial charge in [0.15, 0.2) is 0 Å². The van der Waals surface area contributed by atoms with E-state index >= 15 is 0 Å². The summed E-state index contributed by atoms with van der Waals surface area (Å²) in [5.41, 5.74) is 0.758. The minimum absolute atomic E-state index is 0.0901. The Morgan fingerprint density at radius 3 is 2.32 bits per heavy atom. The molecule has 0 saturated heterocycles. The van der Waals surface area contributed by atoms with Gasteiger partial charge in [0.1, 0.15) is 5.75 Å². The van der Waals surface area contributed by atoms with Crippen LogP contribution >= 0.6 is 0 Å². The molecule has 11 heteroatoms. The number of sulfonamides is 1. The highest BCUT2D eigenvalue weighted by atomic mass is 32.2. The summed E-state index contributed by atoms with van der Waals surface area (Å²) in [6, 6.07) is 10.2. The van der Waals surface area contributed by atoms with Gasteiger partial charge in [-0.1, -0.05) is 18.2 Å². The SMILES string of the molecule is CN(C)S(=O)(=O)c1ccc(CNC(=O)Nc2cccc(OC(F)(F)F)c2)cc1. The van der Waals surface area contributed by atoms with E-state index in [4.69, 9.17) is 0 Å². The second-order valence-corrected chi connectivity index (χ2v) is 7.97. The lowest BCUT2D eigenvalue weighted by atomic mass is 10.2. The molecule has 0 aliphatic heterocycles. The van der Waals surface area contributed by atoms with E-state index in [2.05, 4.69) is 15.4 Å². The van der Waals surface area contributed by atoms with Crippen LogP contribution in [0.1, 0.15) is 5.56 Å². The summed E-state index contributed by atoms with van der Waals surface area (Å²) in [7, 11) is -0.700. The quantitative estimate of drug-likeness (QED) is 0.756. The van der Waals surface area contributed by atoms with Gasteiger partial charge in [-0.2, -0.15) is 0 Å². The zero-order chi connectivity index (χ0) is 20.9. The molecule has 2 amide bonds. The number of nitrogens with zero attached hydrogens (tertiary/aromatic N) is 1. The van der Waals surface area contributed by atoms with Crippen molar-refractivity contribution >= 4 is 21.7 Å². The van der Waals surface area contributed by atoms with E-state index in [1.807, 2.05) is 0 Å². The van der Waals surface area contributed by atoms with E-state index < -0.39 is 28.2 Å². The molecule has 0 spiro atoms. The first-order chi connectivity index (χ1) is 13.0. The summed E-state index contributed by atoms with van der Waals surface area (Å²) < 4.78 is 65.5. The molecule has 0 fully saturated rings. The van der Waals surface area contributed by atoms with Crippen LogP contribution < -0.4 is 15.4 Å². The van der Waals surface area contributed by atoms with E-state index in [0.717, 1.165) is 16.4 Å². The number of alkyl halides is 3. The molecule has 0 aliphatic carbocycles. The van der Waals surface area contributed by atoms with Gasteiger partial charge in [0, 0.05) is 32.4 Å². The summed E-state index contributed by atoms with van der Waals surface area (Å²) in [6.07, 6.45) is -4.83. The number of hydrogen-bond acceptors (Lipinski definition) is 4. The first-order valence-electron chi connectivity index (χ1n) is 7.89. The van der Waals surface area contributed by atoms with Crippen molar-refractivity contribution in [2.24, 2.45) is 0 Å². The predicted octanol–water partition coefficient (Wildman–Crippen LogP) is 3.16. The van der Waals surface area contributed by atoms with Crippen molar-refractivity contribution in [2.75, 3.05) is 19.4 Å². The molecule has 28 heavy (non-hydrogen) atoms. The summed E-state index contributed by atoms with van der Waals surface area (Å²) >= 11 is 0. The summed E-state index contributed by atoms with van der Waals surface area (Å²) in [4.78, 5) is 12.0. The normalized spacial score (nSPS) is 11.9. The Balaban J connectivity index is 1.93. The van der Waals surface area contributed by atoms with Crippen LogP contribution in [0.3, 0.4) is 0 Å². The van der Waals surface area contributed by atoms with E-state index in [0.29, 0.717) is 5.56 Å². The Hall–Kier alpha value is -2.79. The first-order valence-corrected chi connectivity index (χ1v) is 9.33. The largest absolute Gasteiger partial charge is 0.573 e. The second kappa shape index (κ2) is 8.48. The van der Waals surface area contributed by atoms with E-state index in [1.54, 1.807) is 12.1 Å². The molecule has 0 radical (unpaired) electrons. The van der Waals surface area contributed by atoms with Gasteiger partial charge < -0.3 is 15.4 Å². The van der Waals surface area contributed by atoms with Crippen molar-refractivity contribution in [3.8, 4) is 5.75 Å². The van der Waals surface area contributed by atoms with Crippen LogP contribution in [0.5, 0.6) is 5.75 Å². The number of benzene rings is 2. The number of amides is 2. The smallest absolute Gasteiger partial charge is 0.406 e. The maximum atomic E-state index is 12.2. The lowest BCUT2D eigenvalue weighted by Crippen LogP contribution is -2.28. The van der Waals surface area contributed by atoms with Gasteiger partial charge >= 0.3 is 12.4 Å². The fourth-order valence-electron chi connectivity index (χ4n) is 2.12. The van der Waals surface area contributed by atoms with E-state index in [1.165, 1.54) is 38.4 Å². The molecule has 0 aliphatic rings. The number of ether oxygens (including phenoxy) is 1. The molecule has 0 aromatic heterocycles. The standard InChI is InChI=1S/C17H18F3N3O4S/c1-23(2)28(25,26)15-8-6-12(7-9-15)11-21-16(24)22-13-4-3-5-14(10-13)27-17(18,19)20/h3-10H,11H2,1-2H3,(H2,21,22,24). The molecule has 7 nitrogen and oxygen atoms in total. The van der Waals surface area contributed by atoms with Crippen LogP contribution in [0, 0.1) is 0 Å². The summed E-state index contributed by atoms with van der Waals surface area (Å²) in [6.45, 7) is 0.0901. The molecule has 0 unspecified atom stereocenters. The molecule has 0 bridgehead atoms. The van der Waals surface area contributed by atoms with Crippen LogP contribution in [0.4, 0.5) is 23.7 Å². The molecule has 2 N–H and O–H groups in total. The number of urea groups is 1. The number of nitrogens with one attached hydrogen (secondary N) is 2. The molecule has 0 saturated carbocycles. The molecule has 2 aromatic rings. The van der Waals surface area contributed by atoms with Crippen LogP contribution in [-0.4, -0.2) is 39.2 Å². The lowest BCUT2D eigenvalue weighted by Gasteiger charge is -2.12. The fourth-order valence-corrected chi connectivity index (χ4v) is 3.02. The number of halogens is 3. The number of rotatable bonds is 6. The Morgan fingerprint density at radius 1 is 1.11 bits per heavy atom. The number of carbonyl (C=O) groups excluding carboxylic acids is 1. The van der Waals surface area contributed by atoms with Gasteiger partial charge in [-0.05, 0) is 29.8 Å². The van der Waals surface area contributed by atoms with Crippen molar-refractivity contribution in [3.05, 3.63) is 54.1 Å². The lowest BCUT2D eigenvalue weighted by molar-refractivity contribution is -0.274. The monoisotopic (exact) mass is 417 g/mol. The van der Waals surface area contributed by atoms with Crippen molar-refractivity contribution in [3.63, 3.8) is 0 Å². The van der Waals surface area contributed by atoms with E-state index in [9.17, 15) is 26.4 Å². The molecule has 0 heterocycles. The molecular formula is C17H18F3N3O4S. The van der Waals surface area contributed by atoms with Gasteiger partial charge in [0.25, 0.3) is 0 Å². The molecule has 0 atom stereocenters. The van der Waals surface area contributed by atoms with Gasteiger partial charge in [-0.3, -0.25) is 0 Å². The third-order valence-electron chi connectivity index (χ3n) is 3.48.